The average molecular weight is 225 g/mol. The van der Waals surface area contributed by atoms with Crippen LogP contribution < -0.4 is 0 Å². The van der Waals surface area contributed by atoms with Gasteiger partial charge in [-0.2, -0.15) is 0 Å². The predicted molar refractivity (Wildman–Crippen MR) is 60.1 cm³/mol. The van der Waals surface area contributed by atoms with Crippen LogP contribution in [-0.4, -0.2) is 29.1 Å². The first-order valence-corrected chi connectivity index (χ1v) is 6.06. The number of hydrogen-bond acceptors (Lipinski definition) is 3. The van der Waals surface area contributed by atoms with Crippen molar-refractivity contribution < 1.29 is 9.90 Å². The predicted octanol–water partition coefficient (Wildman–Crippen LogP) is 2.14. The molecule has 0 radical (unpaired) electrons. The summed E-state index contributed by atoms with van der Waals surface area (Å²) in [5, 5.41) is 11.4. The Morgan fingerprint density at radius 3 is 2.67 bits per heavy atom. The number of likely N-dealkylation sites (tertiary alicyclic amines) is 1. The smallest absolute Gasteiger partial charge is 0.329 e. The summed E-state index contributed by atoms with van der Waals surface area (Å²) in [5.74, 6) is -0.744. The van der Waals surface area contributed by atoms with Gasteiger partial charge >= 0.3 is 5.97 Å². The molecule has 2 rings (SSSR count). The summed E-state index contributed by atoms with van der Waals surface area (Å²) >= 11 is 1.52. The highest BCUT2D eigenvalue weighted by Gasteiger charge is 2.43. The molecule has 0 saturated carbocycles. The highest BCUT2D eigenvalue weighted by molar-refractivity contribution is 7.10. The lowest BCUT2D eigenvalue weighted by Gasteiger charge is -2.33. The summed E-state index contributed by atoms with van der Waals surface area (Å²) in [6.45, 7) is 3.59. The van der Waals surface area contributed by atoms with Gasteiger partial charge in [0.1, 0.15) is 0 Å². The first-order valence-electron chi connectivity index (χ1n) is 5.18. The fourth-order valence-electron chi connectivity index (χ4n) is 2.12. The minimum atomic E-state index is -0.829. The number of hydrogen-bond donors (Lipinski definition) is 1. The van der Waals surface area contributed by atoms with Gasteiger partial charge in [0.25, 0.3) is 0 Å². The molecule has 4 heteroatoms. The Bertz CT molecular complexity index is 343. The molecule has 0 unspecified atom stereocenters. The quantitative estimate of drug-likeness (QED) is 0.856. The number of rotatable bonds is 3. The first kappa shape index (κ1) is 10.6. The monoisotopic (exact) mass is 225 g/mol. The summed E-state index contributed by atoms with van der Waals surface area (Å²) < 4.78 is 0. The molecule has 15 heavy (non-hydrogen) atoms. The molecule has 1 aromatic rings. The van der Waals surface area contributed by atoms with Crippen LogP contribution in [-0.2, 0) is 10.3 Å². The van der Waals surface area contributed by atoms with Gasteiger partial charge < -0.3 is 5.11 Å². The molecule has 0 amide bonds. The number of carbonyl (C=O) groups is 1. The van der Waals surface area contributed by atoms with Gasteiger partial charge in [0.05, 0.1) is 0 Å². The second kappa shape index (κ2) is 3.94. The number of thiophene rings is 1. The van der Waals surface area contributed by atoms with Crippen LogP contribution in [0.1, 0.15) is 24.6 Å². The van der Waals surface area contributed by atoms with Crippen molar-refractivity contribution in [3.63, 3.8) is 0 Å². The van der Waals surface area contributed by atoms with E-state index in [1.807, 2.05) is 24.4 Å². The zero-order valence-corrected chi connectivity index (χ0v) is 9.59. The lowest BCUT2D eigenvalue weighted by atomic mass is 9.98. The van der Waals surface area contributed by atoms with Crippen molar-refractivity contribution >= 4 is 17.3 Å². The van der Waals surface area contributed by atoms with Crippen LogP contribution in [0.4, 0.5) is 0 Å². The second-order valence-corrected chi connectivity index (χ2v) is 5.00. The van der Waals surface area contributed by atoms with Crippen molar-refractivity contribution in [1.29, 1.82) is 0 Å². The van der Waals surface area contributed by atoms with E-state index in [2.05, 4.69) is 4.90 Å². The highest BCUT2D eigenvalue weighted by Crippen LogP contribution is 2.34. The molecule has 82 valence electrons. The molecule has 2 heterocycles. The van der Waals surface area contributed by atoms with Crippen LogP contribution in [0.2, 0.25) is 0 Å². The fraction of sp³-hybridized carbons (Fsp3) is 0.545. The number of nitrogens with zero attached hydrogens (tertiary/aromatic N) is 1. The van der Waals surface area contributed by atoms with Gasteiger partial charge in [0.2, 0.25) is 0 Å². The van der Waals surface area contributed by atoms with Crippen LogP contribution in [0.5, 0.6) is 0 Å². The topological polar surface area (TPSA) is 40.5 Å². The summed E-state index contributed by atoms with van der Waals surface area (Å²) in [4.78, 5) is 14.5. The Hall–Kier alpha value is -0.870. The van der Waals surface area contributed by atoms with Gasteiger partial charge in [0.15, 0.2) is 5.54 Å². The van der Waals surface area contributed by atoms with Gasteiger partial charge in [-0.25, -0.2) is 4.79 Å². The van der Waals surface area contributed by atoms with Crippen LogP contribution >= 0.6 is 11.3 Å². The fourth-order valence-corrected chi connectivity index (χ4v) is 3.02. The SMILES string of the molecule is C[C@](C(=O)O)(c1cccs1)N1CCCC1. The maximum absolute atomic E-state index is 11.5. The Labute approximate surface area is 93.3 Å². The number of carboxylic acids is 1. The van der Waals surface area contributed by atoms with E-state index < -0.39 is 11.5 Å². The third-order valence-electron chi connectivity index (χ3n) is 3.16. The molecule has 1 aliphatic rings. The Balaban J connectivity index is 2.35. The maximum atomic E-state index is 11.5. The van der Waals surface area contributed by atoms with Gasteiger partial charge in [-0.15, -0.1) is 11.3 Å². The molecular formula is C11H15NO2S. The molecule has 1 atom stereocenters. The van der Waals surface area contributed by atoms with Gasteiger partial charge in [0, 0.05) is 4.88 Å². The van der Waals surface area contributed by atoms with Gasteiger partial charge in [-0.05, 0) is 44.3 Å². The number of aliphatic carboxylic acids is 1. The van der Waals surface area contributed by atoms with Crippen molar-refractivity contribution in [2.24, 2.45) is 0 Å². The summed E-state index contributed by atoms with van der Waals surface area (Å²) in [6, 6.07) is 3.83. The van der Waals surface area contributed by atoms with E-state index in [9.17, 15) is 9.90 Å². The van der Waals surface area contributed by atoms with E-state index in [1.54, 1.807) is 0 Å². The van der Waals surface area contributed by atoms with E-state index in [-0.39, 0.29) is 0 Å². The lowest BCUT2D eigenvalue weighted by molar-refractivity contribution is -0.150. The maximum Gasteiger partial charge on any atom is 0.329 e. The van der Waals surface area contributed by atoms with Crippen molar-refractivity contribution in [2.75, 3.05) is 13.1 Å². The van der Waals surface area contributed by atoms with Gasteiger partial charge in [-0.1, -0.05) is 6.07 Å². The molecule has 0 spiro atoms. The normalized spacial score (nSPS) is 21.4. The standard InChI is InChI=1S/C11H15NO2S/c1-11(10(13)14,9-5-4-8-15-9)12-6-2-3-7-12/h4-5,8H,2-3,6-7H2,1H3,(H,13,14)/t11-/m1/s1. The van der Waals surface area contributed by atoms with Crippen LogP contribution in [0.3, 0.4) is 0 Å². The van der Waals surface area contributed by atoms with Crippen molar-refractivity contribution in [3.05, 3.63) is 22.4 Å². The molecule has 1 aromatic heterocycles. The van der Waals surface area contributed by atoms with Gasteiger partial charge in [-0.3, -0.25) is 4.90 Å². The third-order valence-corrected chi connectivity index (χ3v) is 4.24. The molecule has 0 aromatic carbocycles. The highest BCUT2D eigenvalue weighted by atomic mass is 32.1. The minimum absolute atomic E-state index is 0.744. The summed E-state index contributed by atoms with van der Waals surface area (Å²) in [5.41, 5.74) is -0.829. The van der Waals surface area contributed by atoms with E-state index in [0.29, 0.717) is 0 Å². The molecule has 1 saturated heterocycles. The van der Waals surface area contributed by atoms with Crippen LogP contribution in [0, 0.1) is 0 Å². The molecule has 1 aliphatic heterocycles. The molecule has 3 nitrogen and oxygen atoms in total. The van der Waals surface area contributed by atoms with Crippen LogP contribution in [0.15, 0.2) is 17.5 Å². The molecule has 1 fully saturated rings. The Kier molecular flexibility index (Phi) is 2.80. The van der Waals surface area contributed by atoms with Crippen molar-refractivity contribution in [3.8, 4) is 0 Å². The second-order valence-electron chi connectivity index (χ2n) is 4.05. The Morgan fingerprint density at radius 1 is 1.53 bits per heavy atom. The largest absolute Gasteiger partial charge is 0.480 e. The van der Waals surface area contributed by atoms with Crippen molar-refractivity contribution in [2.45, 2.75) is 25.3 Å². The van der Waals surface area contributed by atoms with E-state index in [1.165, 1.54) is 11.3 Å². The Morgan fingerprint density at radius 2 is 2.20 bits per heavy atom. The molecule has 1 N–H and O–H groups in total. The average Bonchev–Trinajstić information content (AvgIpc) is 2.89. The number of carboxylic acid groups (broad SMARTS) is 1. The van der Waals surface area contributed by atoms with Crippen LogP contribution in [0.25, 0.3) is 0 Å². The lowest BCUT2D eigenvalue weighted by Crippen LogP contribution is -2.47. The zero-order chi connectivity index (χ0) is 10.9. The third kappa shape index (κ3) is 1.68. The summed E-state index contributed by atoms with van der Waals surface area (Å²) in [7, 11) is 0. The van der Waals surface area contributed by atoms with E-state index in [0.717, 1.165) is 30.8 Å². The van der Waals surface area contributed by atoms with E-state index in [4.69, 9.17) is 0 Å². The first-order chi connectivity index (χ1) is 7.15. The summed E-state index contributed by atoms with van der Waals surface area (Å²) in [6.07, 6.45) is 2.21. The molecule has 0 bridgehead atoms. The van der Waals surface area contributed by atoms with E-state index >= 15 is 0 Å². The zero-order valence-electron chi connectivity index (χ0n) is 8.77. The minimum Gasteiger partial charge on any atom is -0.480 e. The van der Waals surface area contributed by atoms with Crippen molar-refractivity contribution in [1.82, 2.24) is 4.90 Å². The molecule has 0 aliphatic carbocycles. The molecular weight excluding hydrogens is 210 g/mol.